The number of carbonyl (C=O) groups excluding carboxylic acids is 1. The molecule has 0 bridgehead atoms. The molecule has 116 valence electrons. The van der Waals surface area contributed by atoms with E-state index in [1.54, 1.807) is 20.0 Å². The number of rotatable bonds is 5. The van der Waals surface area contributed by atoms with Gasteiger partial charge in [-0.25, -0.2) is 4.39 Å². The first-order chi connectivity index (χ1) is 10.0. The van der Waals surface area contributed by atoms with Crippen LogP contribution < -0.4 is 10.1 Å². The van der Waals surface area contributed by atoms with E-state index in [0.29, 0.717) is 5.75 Å². The fourth-order valence-electron chi connectivity index (χ4n) is 2.56. The van der Waals surface area contributed by atoms with Gasteiger partial charge in [0.25, 0.3) is 5.91 Å². The van der Waals surface area contributed by atoms with Crippen LogP contribution in [0.1, 0.15) is 38.3 Å². The van der Waals surface area contributed by atoms with Crippen molar-refractivity contribution in [2.45, 2.75) is 38.8 Å². The van der Waals surface area contributed by atoms with Crippen LogP contribution in [-0.4, -0.2) is 37.0 Å². The maximum atomic E-state index is 13.4. The summed E-state index contributed by atoms with van der Waals surface area (Å²) in [6.07, 6.45) is 1.55. The summed E-state index contributed by atoms with van der Waals surface area (Å²) in [6.45, 7) is 5.28. The quantitative estimate of drug-likeness (QED) is 0.907. The summed E-state index contributed by atoms with van der Waals surface area (Å²) < 4.78 is 19.2. The minimum Gasteiger partial charge on any atom is -0.481 e. The fourth-order valence-corrected chi connectivity index (χ4v) is 2.56. The first kappa shape index (κ1) is 15.8. The smallest absolute Gasteiger partial charge is 0.263 e. The van der Waals surface area contributed by atoms with Crippen LogP contribution in [-0.2, 0) is 4.79 Å². The minimum atomic E-state index is -0.559. The third kappa shape index (κ3) is 3.73. The van der Waals surface area contributed by atoms with Crippen LogP contribution in [0.5, 0.6) is 5.75 Å². The van der Waals surface area contributed by atoms with Gasteiger partial charge in [-0.1, -0.05) is 0 Å². The Labute approximate surface area is 125 Å². The number of amides is 1. The van der Waals surface area contributed by atoms with Crippen molar-refractivity contribution >= 4 is 5.91 Å². The van der Waals surface area contributed by atoms with Gasteiger partial charge in [-0.05, 0) is 51.9 Å². The van der Waals surface area contributed by atoms with Gasteiger partial charge in [0, 0.05) is 24.7 Å². The van der Waals surface area contributed by atoms with Crippen molar-refractivity contribution in [2.24, 2.45) is 0 Å². The van der Waals surface area contributed by atoms with Gasteiger partial charge in [0.05, 0.1) is 0 Å². The molecule has 1 saturated heterocycles. The first-order valence-electron chi connectivity index (χ1n) is 7.45. The summed E-state index contributed by atoms with van der Waals surface area (Å²) in [7, 11) is 1.80. The highest BCUT2D eigenvalue weighted by Crippen LogP contribution is 2.27. The zero-order valence-electron chi connectivity index (χ0n) is 12.9. The molecule has 1 aliphatic rings. The van der Waals surface area contributed by atoms with Gasteiger partial charge in [-0.2, -0.15) is 0 Å². The molecule has 1 N–H and O–H groups in total. The summed E-state index contributed by atoms with van der Waals surface area (Å²) in [5.74, 6) is 0.246. The molecule has 0 aromatic heterocycles. The molecule has 2 rings (SSSR count). The Morgan fingerprint density at radius 3 is 2.62 bits per heavy atom. The summed E-state index contributed by atoms with van der Waals surface area (Å²) in [6, 6.07) is 4.34. The van der Waals surface area contributed by atoms with Crippen LogP contribution in [0.25, 0.3) is 0 Å². The minimum absolute atomic E-state index is 0.000106. The van der Waals surface area contributed by atoms with E-state index in [-0.39, 0.29) is 17.8 Å². The maximum Gasteiger partial charge on any atom is 0.263 e. The maximum absolute atomic E-state index is 13.4. The average Bonchev–Trinajstić information content (AvgIpc) is 3.01. The molecule has 1 aromatic carbocycles. The van der Waals surface area contributed by atoms with Crippen LogP contribution in [0.4, 0.5) is 4.39 Å². The molecule has 4 nitrogen and oxygen atoms in total. The number of benzene rings is 1. The molecule has 1 heterocycles. The molecule has 1 fully saturated rings. The van der Waals surface area contributed by atoms with Crippen molar-refractivity contribution in [2.75, 3.05) is 20.1 Å². The highest BCUT2D eigenvalue weighted by atomic mass is 19.1. The Balaban J connectivity index is 2.12. The van der Waals surface area contributed by atoms with Crippen molar-refractivity contribution in [3.8, 4) is 5.75 Å². The van der Waals surface area contributed by atoms with Gasteiger partial charge >= 0.3 is 0 Å². The van der Waals surface area contributed by atoms with Crippen molar-refractivity contribution in [3.05, 3.63) is 29.6 Å². The third-order valence-electron chi connectivity index (χ3n) is 3.94. The number of ether oxygens (including phenoxy) is 1. The van der Waals surface area contributed by atoms with E-state index in [1.165, 1.54) is 12.1 Å². The Morgan fingerprint density at radius 1 is 1.33 bits per heavy atom. The summed E-state index contributed by atoms with van der Waals surface area (Å²) in [5.41, 5.74) is 0.721. The van der Waals surface area contributed by atoms with Gasteiger partial charge in [0.15, 0.2) is 6.10 Å². The van der Waals surface area contributed by atoms with Crippen LogP contribution in [0.3, 0.4) is 0 Å². The summed E-state index contributed by atoms with van der Waals surface area (Å²) in [4.78, 5) is 14.1. The van der Waals surface area contributed by atoms with Gasteiger partial charge in [-0.15, -0.1) is 0 Å². The largest absolute Gasteiger partial charge is 0.481 e. The number of hydrogen-bond donors (Lipinski definition) is 1. The van der Waals surface area contributed by atoms with E-state index in [2.05, 4.69) is 5.32 Å². The molecule has 1 aliphatic heterocycles. The number of nitrogens with one attached hydrogen (secondary N) is 1. The van der Waals surface area contributed by atoms with Crippen LogP contribution in [0.15, 0.2) is 18.2 Å². The predicted octanol–water partition coefficient (Wildman–Crippen LogP) is 2.50. The van der Waals surface area contributed by atoms with Crippen LogP contribution in [0, 0.1) is 5.82 Å². The summed E-state index contributed by atoms with van der Waals surface area (Å²) in [5, 5.41) is 3.06. The average molecular weight is 294 g/mol. The van der Waals surface area contributed by atoms with E-state index in [4.69, 9.17) is 4.74 Å². The Hall–Kier alpha value is -1.62. The van der Waals surface area contributed by atoms with Crippen molar-refractivity contribution in [3.63, 3.8) is 0 Å². The monoisotopic (exact) mass is 294 g/mol. The van der Waals surface area contributed by atoms with Crippen LogP contribution >= 0.6 is 0 Å². The molecule has 1 aromatic rings. The standard InChI is InChI=1S/C16H23FN2O2/c1-11(18-3)14-10-13(17)6-7-15(14)21-12(2)16(20)19-8-4-5-9-19/h6-7,10-12,18H,4-5,8-9H2,1-3H3. The lowest BCUT2D eigenvalue weighted by molar-refractivity contribution is -0.136. The normalized spacial score (nSPS) is 17.6. The number of carbonyl (C=O) groups is 1. The van der Waals surface area contributed by atoms with E-state index >= 15 is 0 Å². The zero-order chi connectivity index (χ0) is 15.4. The lowest BCUT2D eigenvalue weighted by Gasteiger charge is -2.23. The molecule has 2 unspecified atom stereocenters. The fraction of sp³-hybridized carbons (Fsp3) is 0.562. The lowest BCUT2D eigenvalue weighted by Crippen LogP contribution is -2.38. The summed E-state index contributed by atoms with van der Waals surface area (Å²) >= 11 is 0. The Morgan fingerprint density at radius 2 is 2.00 bits per heavy atom. The third-order valence-corrected chi connectivity index (χ3v) is 3.94. The highest BCUT2D eigenvalue weighted by Gasteiger charge is 2.25. The number of hydrogen-bond acceptors (Lipinski definition) is 3. The van der Waals surface area contributed by atoms with Gasteiger partial charge < -0.3 is 15.0 Å². The SMILES string of the molecule is CNC(C)c1cc(F)ccc1OC(C)C(=O)N1CCCC1. The predicted molar refractivity (Wildman–Crippen MR) is 79.8 cm³/mol. The van der Waals surface area contributed by atoms with Gasteiger partial charge in [-0.3, -0.25) is 4.79 Å². The van der Waals surface area contributed by atoms with Crippen molar-refractivity contribution in [1.29, 1.82) is 0 Å². The van der Waals surface area contributed by atoms with Gasteiger partial charge in [0.2, 0.25) is 0 Å². The molecule has 21 heavy (non-hydrogen) atoms. The van der Waals surface area contributed by atoms with Crippen molar-refractivity contribution in [1.82, 2.24) is 10.2 Å². The van der Waals surface area contributed by atoms with Crippen molar-refractivity contribution < 1.29 is 13.9 Å². The Kier molecular flexibility index (Phi) is 5.17. The van der Waals surface area contributed by atoms with Gasteiger partial charge in [0.1, 0.15) is 11.6 Å². The highest BCUT2D eigenvalue weighted by molar-refractivity contribution is 5.81. The molecular formula is C16H23FN2O2. The molecule has 5 heteroatoms. The zero-order valence-corrected chi connectivity index (χ0v) is 12.9. The van der Waals surface area contributed by atoms with E-state index in [9.17, 15) is 9.18 Å². The molecular weight excluding hydrogens is 271 g/mol. The Bertz CT molecular complexity index is 501. The van der Waals surface area contributed by atoms with E-state index < -0.39 is 6.10 Å². The second-order valence-corrected chi connectivity index (χ2v) is 5.48. The number of halogens is 1. The molecule has 0 saturated carbocycles. The number of likely N-dealkylation sites (tertiary alicyclic amines) is 1. The van der Waals surface area contributed by atoms with E-state index in [1.807, 2.05) is 11.8 Å². The second-order valence-electron chi connectivity index (χ2n) is 5.48. The molecule has 0 spiro atoms. The number of nitrogens with zero attached hydrogens (tertiary/aromatic N) is 1. The van der Waals surface area contributed by atoms with E-state index in [0.717, 1.165) is 31.5 Å². The topological polar surface area (TPSA) is 41.6 Å². The van der Waals surface area contributed by atoms with Crippen LogP contribution in [0.2, 0.25) is 0 Å². The molecule has 1 amide bonds. The second kappa shape index (κ2) is 6.89. The molecule has 2 atom stereocenters. The molecule has 0 radical (unpaired) electrons. The lowest BCUT2D eigenvalue weighted by atomic mass is 10.1. The first-order valence-corrected chi connectivity index (χ1v) is 7.45. The molecule has 0 aliphatic carbocycles.